The molecule has 1 N–H and O–H groups in total. The van der Waals surface area contributed by atoms with Crippen molar-refractivity contribution in [1.82, 2.24) is 14.9 Å². The second-order valence-corrected chi connectivity index (χ2v) is 7.52. The minimum absolute atomic E-state index is 0.356. The summed E-state index contributed by atoms with van der Waals surface area (Å²) in [4.78, 5) is 25.9. The number of anilines is 1. The Morgan fingerprint density at radius 2 is 1.91 bits per heavy atom. The number of hydrogen-bond donors (Lipinski definition) is 1. The Balaban J connectivity index is 1.47. The van der Waals surface area contributed by atoms with Crippen LogP contribution in [0.15, 0.2) is 62.5 Å². The maximum Gasteiger partial charge on any atom is 0.268 e. The fraction of sp³-hybridized carbons (Fsp3) is 0.217. The molecule has 0 fully saturated rings. The highest BCUT2D eigenvalue weighted by molar-refractivity contribution is 5.93. The minimum Gasteiger partial charge on any atom is -0.486 e. The lowest BCUT2D eigenvalue weighted by Gasteiger charge is -2.20. The summed E-state index contributed by atoms with van der Waals surface area (Å²) in [5.41, 5.74) is 1.48. The Bertz CT molecular complexity index is 1370. The predicted octanol–water partition coefficient (Wildman–Crippen LogP) is 3.44. The number of nitrogens with zero attached hydrogens (tertiary/aromatic N) is 3. The minimum atomic E-state index is -0.912. The quantitative estimate of drug-likeness (QED) is 0.493. The van der Waals surface area contributed by atoms with E-state index in [1.54, 1.807) is 50.2 Å². The van der Waals surface area contributed by atoms with Gasteiger partial charge >= 0.3 is 0 Å². The summed E-state index contributed by atoms with van der Waals surface area (Å²) in [6.45, 7) is 4.28. The van der Waals surface area contributed by atoms with Crippen molar-refractivity contribution in [3.63, 3.8) is 0 Å². The third kappa shape index (κ3) is 3.98. The third-order valence-corrected chi connectivity index (χ3v) is 5.16. The number of hydrogen-bond acceptors (Lipinski definition) is 8. The molecule has 1 aliphatic heterocycles. The van der Waals surface area contributed by atoms with Crippen LogP contribution < -0.4 is 20.3 Å². The first-order valence-electron chi connectivity index (χ1n) is 10.3. The Morgan fingerprint density at radius 3 is 2.64 bits per heavy atom. The zero-order valence-electron chi connectivity index (χ0n) is 17.9. The van der Waals surface area contributed by atoms with Crippen LogP contribution in [0.2, 0.25) is 0 Å². The maximum atomic E-state index is 13.0. The zero-order valence-corrected chi connectivity index (χ0v) is 17.9. The highest BCUT2D eigenvalue weighted by atomic mass is 16.6. The number of ether oxygens (including phenoxy) is 2. The largest absolute Gasteiger partial charge is 0.486 e. The summed E-state index contributed by atoms with van der Waals surface area (Å²) >= 11 is 0. The van der Waals surface area contributed by atoms with Crippen molar-refractivity contribution in [2.45, 2.75) is 19.9 Å². The Hall–Kier alpha value is -4.34. The molecular formula is C23H20N4O6. The molecule has 168 valence electrons. The molecule has 0 saturated heterocycles. The number of nitrogens with one attached hydrogen (secondary N) is 1. The molecule has 4 aromatic rings. The molecule has 0 bridgehead atoms. The summed E-state index contributed by atoms with van der Waals surface area (Å²) < 4.78 is 23.0. The average Bonchev–Trinajstić information content (AvgIpc) is 3.50. The molecule has 0 saturated carbocycles. The van der Waals surface area contributed by atoms with Crippen molar-refractivity contribution in [1.29, 1.82) is 0 Å². The second kappa shape index (κ2) is 8.30. The maximum absolute atomic E-state index is 13.0. The van der Waals surface area contributed by atoms with Gasteiger partial charge in [-0.3, -0.25) is 9.59 Å². The van der Waals surface area contributed by atoms with Crippen LogP contribution in [0.1, 0.15) is 18.7 Å². The molecular weight excluding hydrogens is 428 g/mol. The van der Waals surface area contributed by atoms with E-state index >= 15 is 0 Å². The molecule has 1 amide bonds. The van der Waals surface area contributed by atoms with Gasteiger partial charge in [0.1, 0.15) is 24.9 Å². The van der Waals surface area contributed by atoms with E-state index in [1.807, 2.05) is 0 Å². The number of furan rings is 1. The molecule has 3 aromatic heterocycles. The first-order chi connectivity index (χ1) is 16.0. The molecule has 4 heterocycles. The van der Waals surface area contributed by atoms with Crippen LogP contribution >= 0.6 is 0 Å². The summed E-state index contributed by atoms with van der Waals surface area (Å²) in [6, 6.07) is 10.7. The molecule has 0 aliphatic carbocycles. The van der Waals surface area contributed by atoms with E-state index in [-0.39, 0.29) is 0 Å². The molecule has 1 atom stereocenters. The van der Waals surface area contributed by atoms with Gasteiger partial charge in [0.05, 0.1) is 17.5 Å². The Labute approximate surface area is 187 Å². The van der Waals surface area contributed by atoms with Gasteiger partial charge in [-0.25, -0.2) is 4.68 Å². The van der Waals surface area contributed by atoms with Crippen LogP contribution in [0, 0.1) is 6.92 Å². The average molecular weight is 448 g/mol. The lowest BCUT2D eigenvalue weighted by atomic mass is 10.1. The van der Waals surface area contributed by atoms with Crippen molar-refractivity contribution in [3.8, 4) is 34.3 Å². The lowest BCUT2D eigenvalue weighted by molar-refractivity contribution is -0.119. The fourth-order valence-electron chi connectivity index (χ4n) is 3.50. The van der Waals surface area contributed by atoms with Crippen molar-refractivity contribution in [2.24, 2.45) is 0 Å². The highest BCUT2D eigenvalue weighted by Crippen LogP contribution is 2.33. The van der Waals surface area contributed by atoms with Crippen molar-refractivity contribution in [3.05, 3.63) is 64.8 Å². The van der Waals surface area contributed by atoms with E-state index in [2.05, 4.69) is 15.6 Å². The van der Waals surface area contributed by atoms with E-state index in [1.165, 1.54) is 12.3 Å². The molecule has 33 heavy (non-hydrogen) atoms. The van der Waals surface area contributed by atoms with Crippen LogP contribution in [0.25, 0.3) is 22.8 Å². The van der Waals surface area contributed by atoms with Gasteiger partial charge in [0.2, 0.25) is 5.91 Å². The Kier molecular flexibility index (Phi) is 5.17. The number of rotatable bonds is 5. The van der Waals surface area contributed by atoms with E-state index in [4.69, 9.17) is 18.4 Å². The normalized spacial score (nSPS) is 13.5. The molecule has 5 rings (SSSR count). The second-order valence-electron chi connectivity index (χ2n) is 7.52. The van der Waals surface area contributed by atoms with Crippen LogP contribution in [-0.4, -0.2) is 34.1 Å². The van der Waals surface area contributed by atoms with Gasteiger partial charge in [0.15, 0.2) is 23.0 Å². The summed E-state index contributed by atoms with van der Waals surface area (Å²) in [5, 5.41) is 11.1. The number of aryl methyl sites for hydroxylation is 1. The highest BCUT2D eigenvalue weighted by Gasteiger charge is 2.24. The Morgan fingerprint density at radius 1 is 1.09 bits per heavy atom. The first kappa shape index (κ1) is 20.6. The number of carbonyl (C=O) groups is 1. The van der Waals surface area contributed by atoms with Crippen molar-refractivity contribution >= 4 is 11.6 Å². The third-order valence-electron chi connectivity index (χ3n) is 5.16. The van der Waals surface area contributed by atoms with Crippen LogP contribution in [-0.2, 0) is 4.79 Å². The number of carbonyl (C=O) groups excluding carboxylic acids is 1. The molecule has 1 aromatic carbocycles. The number of aromatic nitrogens is 3. The molecule has 1 aliphatic rings. The van der Waals surface area contributed by atoms with Gasteiger partial charge in [0.25, 0.3) is 5.56 Å². The van der Waals surface area contributed by atoms with Gasteiger partial charge in [-0.2, -0.15) is 5.10 Å². The van der Waals surface area contributed by atoms with Gasteiger partial charge in [0, 0.05) is 23.9 Å². The first-order valence-corrected chi connectivity index (χ1v) is 10.3. The van der Waals surface area contributed by atoms with E-state index in [0.29, 0.717) is 58.9 Å². The molecule has 0 spiro atoms. The van der Waals surface area contributed by atoms with Gasteiger partial charge < -0.3 is 23.7 Å². The van der Waals surface area contributed by atoms with Crippen LogP contribution in [0.3, 0.4) is 0 Å². The van der Waals surface area contributed by atoms with E-state index in [9.17, 15) is 9.59 Å². The SMILES string of the molecule is Cc1cc(-c2cc(=O)n([C@@H](C)C(=O)Nc3ccc4c(c3)OCCO4)nc2-c2ccco2)on1. The number of amides is 1. The predicted molar refractivity (Wildman–Crippen MR) is 117 cm³/mol. The number of benzene rings is 1. The molecule has 10 heteroatoms. The fourth-order valence-corrected chi connectivity index (χ4v) is 3.50. The summed E-state index contributed by atoms with van der Waals surface area (Å²) in [6.07, 6.45) is 1.50. The smallest absolute Gasteiger partial charge is 0.268 e. The van der Waals surface area contributed by atoms with E-state index < -0.39 is 17.5 Å². The molecule has 0 radical (unpaired) electrons. The molecule has 0 unspecified atom stereocenters. The lowest BCUT2D eigenvalue weighted by Crippen LogP contribution is -2.33. The topological polar surface area (TPSA) is 122 Å². The monoisotopic (exact) mass is 448 g/mol. The summed E-state index contributed by atoms with van der Waals surface area (Å²) in [7, 11) is 0. The zero-order chi connectivity index (χ0) is 22.9. The molecule has 10 nitrogen and oxygen atoms in total. The van der Waals surface area contributed by atoms with Gasteiger partial charge in [-0.05, 0) is 38.1 Å². The van der Waals surface area contributed by atoms with E-state index in [0.717, 1.165) is 4.68 Å². The van der Waals surface area contributed by atoms with Crippen LogP contribution in [0.5, 0.6) is 11.5 Å². The van der Waals surface area contributed by atoms with Crippen molar-refractivity contribution < 1.29 is 23.2 Å². The summed E-state index contributed by atoms with van der Waals surface area (Å²) in [5.74, 6) is 1.55. The number of fused-ring (bicyclic) bond motifs is 1. The van der Waals surface area contributed by atoms with Crippen LogP contribution in [0.4, 0.5) is 5.69 Å². The van der Waals surface area contributed by atoms with Gasteiger partial charge in [-0.1, -0.05) is 5.16 Å². The standard InChI is InChI=1S/C23H20N4O6/c1-13-10-19(33-26-13)16-12-21(28)27(25-22(16)18-4-3-7-30-18)14(2)23(29)24-15-5-6-17-20(11-15)32-9-8-31-17/h3-7,10-12,14H,8-9H2,1-2H3,(H,24,29)/t14-/m0/s1. The van der Waals surface area contributed by atoms with Crippen molar-refractivity contribution in [2.75, 3.05) is 18.5 Å². The van der Waals surface area contributed by atoms with Gasteiger partial charge in [-0.15, -0.1) is 0 Å².